The van der Waals surface area contributed by atoms with Crippen LogP contribution in [-0.4, -0.2) is 14.9 Å². The molecule has 0 fully saturated rings. The highest BCUT2D eigenvalue weighted by Gasteiger charge is 2.19. The van der Waals surface area contributed by atoms with Crippen molar-refractivity contribution >= 4 is 11.5 Å². The van der Waals surface area contributed by atoms with Gasteiger partial charge in [-0.1, -0.05) is 12.1 Å². The van der Waals surface area contributed by atoms with E-state index in [4.69, 9.17) is 0 Å². The summed E-state index contributed by atoms with van der Waals surface area (Å²) >= 11 is 0. The van der Waals surface area contributed by atoms with Crippen molar-refractivity contribution in [2.75, 3.05) is 5.32 Å². The highest BCUT2D eigenvalue weighted by Crippen LogP contribution is 2.16. The van der Waals surface area contributed by atoms with Gasteiger partial charge in [0.05, 0.1) is 11.3 Å². The van der Waals surface area contributed by atoms with Gasteiger partial charge in [-0.3, -0.25) is 14.9 Å². The van der Waals surface area contributed by atoms with Crippen LogP contribution in [0.4, 0.5) is 15.9 Å². The zero-order chi connectivity index (χ0) is 13.8. The second kappa shape index (κ2) is 5.25. The summed E-state index contributed by atoms with van der Waals surface area (Å²) in [7, 11) is 0. The Kier molecular flexibility index (Phi) is 3.51. The highest BCUT2D eigenvalue weighted by atomic mass is 19.1. The molecule has 0 saturated carbocycles. The number of nitro groups is 1. The third kappa shape index (κ3) is 2.92. The van der Waals surface area contributed by atoms with Gasteiger partial charge in [0.15, 0.2) is 0 Å². The summed E-state index contributed by atoms with van der Waals surface area (Å²) in [4.78, 5) is 27.1. The van der Waals surface area contributed by atoms with Gasteiger partial charge in [0.2, 0.25) is 5.82 Å². The lowest BCUT2D eigenvalue weighted by Crippen LogP contribution is -2.16. The van der Waals surface area contributed by atoms with Gasteiger partial charge < -0.3 is 10.3 Å². The molecule has 1 aromatic heterocycles. The summed E-state index contributed by atoms with van der Waals surface area (Å²) in [5, 5.41) is 13.4. The van der Waals surface area contributed by atoms with Gasteiger partial charge in [0, 0.05) is 6.54 Å². The number of H-pyrrole nitrogens is 1. The van der Waals surface area contributed by atoms with Crippen molar-refractivity contribution in [1.82, 2.24) is 9.97 Å². The van der Waals surface area contributed by atoms with Crippen molar-refractivity contribution < 1.29 is 9.31 Å². The number of rotatable bonds is 4. The van der Waals surface area contributed by atoms with Crippen LogP contribution in [0.5, 0.6) is 0 Å². The molecule has 98 valence electrons. The molecule has 2 rings (SSSR count). The molecule has 2 aromatic rings. The number of aromatic nitrogens is 2. The molecule has 1 heterocycles. The monoisotopic (exact) mass is 264 g/mol. The van der Waals surface area contributed by atoms with Gasteiger partial charge in [-0.2, -0.15) is 0 Å². The number of hydrogen-bond donors (Lipinski definition) is 2. The Balaban J connectivity index is 2.20. The molecule has 8 heteroatoms. The lowest BCUT2D eigenvalue weighted by atomic mass is 10.2. The number of benzene rings is 1. The predicted molar refractivity (Wildman–Crippen MR) is 65.2 cm³/mol. The quantitative estimate of drug-likeness (QED) is 0.642. The fourth-order valence-electron chi connectivity index (χ4n) is 1.48. The SMILES string of the molecule is O=c1[nH]cnc(NCc2ccc(F)cc2)c1[N+](=O)[O-]. The molecule has 0 atom stereocenters. The topological polar surface area (TPSA) is 101 Å². The highest BCUT2D eigenvalue weighted by molar-refractivity contribution is 5.53. The maximum absolute atomic E-state index is 12.7. The first-order valence-electron chi connectivity index (χ1n) is 5.28. The fraction of sp³-hybridized carbons (Fsp3) is 0.0909. The number of nitrogens with one attached hydrogen (secondary N) is 2. The minimum Gasteiger partial charge on any atom is -0.360 e. The van der Waals surface area contributed by atoms with E-state index in [1.165, 1.54) is 24.3 Å². The zero-order valence-electron chi connectivity index (χ0n) is 9.59. The van der Waals surface area contributed by atoms with Crippen LogP contribution in [-0.2, 0) is 6.54 Å². The predicted octanol–water partition coefficient (Wildman–Crippen LogP) is 1.43. The van der Waals surface area contributed by atoms with Crippen LogP contribution in [0.2, 0.25) is 0 Å². The summed E-state index contributed by atoms with van der Waals surface area (Å²) in [6, 6.07) is 5.61. The number of hydrogen-bond acceptors (Lipinski definition) is 5. The second-order valence-corrected chi connectivity index (χ2v) is 3.67. The van der Waals surface area contributed by atoms with Gasteiger partial charge in [-0.05, 0) is 17.7 Å². The van der Waals surface area contributed by atoms with Crippen molar-refractivity contribution in [3.8, 4) is 0 Å². The zero-order valence-corrected chi connectivity index (χ0v) is 9.59. The average molecular weight is 264 g/mol. The largest absolute Gasteiger partial charge is 0.375 e. The molecular formula is C11H9FN4O3. The lowest BCUT2D eigenvalue weighted by Gasteiger charge is -2.05. The van der Waals surface area contributed by atoms with Crippen molar-refractivity contribution in [1.29, 1.82) is 0 Å². The van der Waals surface area contributed by atoms with E-state index in [1.807, 2.05) is 0 Å². The molecule has 0 bridgehead atoms. The number of anilines is 1. The Hall–Kier alpha value is -2.77. The molecule has 0 saturated heterocycles. The van der Waals surface area contributed by atoms with Crippen LogP contribution in [0.25, 0.3) is 0 Å². The van der Waals surface area contributed by atoms with Crippen LogP contribution >= 0.6 is 0 Å². The minimum absolute atomic E-state index is 0.127. The molecule has 0 radical (unpaired) electrons. The maximum atomic E-state index is 12.7. The third-order valence-electron chi connectivity index (χ3n) is 2.38. The van der Waals surface area contributed by atoms with Crippen LogP contribution < -0.4 is 10.9 Å². The van der Waals surface area contributed by atoms with Crippen LogP contribution in [0.15, 0.2) is 35.4 Å². The van der Waals surface area contributed by atoms with E-state index in [2.05, 4.69) is 15.3 Å². The Labute approximate surface area is 106 Å². The Morgan fingerprint density at radius 3 is 2.68 bits per heavy atom. The van der Waals surface area contributed by atoms with E-state index in [9.17, 15) is 19.3 Å². The van der Waals surface area contributed by atoms with E-state index in [0.29, 0.717) is 5.56 Å². The second-order valence-electron chi connectivity index (χ2n) is 3.67. The van der Waals surface area contributed by atoms with Crippen LogP contribution in [0.3, 0.4) is 0 Å². The molecule has 2 N–H and O–H groups in total. The van der Waals surface area contributed by atoms with Crippen molar-refractivity contribution in [2.24, 2.45) is 0 Å². The summed E-state index contributed by atoms with van der Waals surface area (Å²) in [5.41, 5.74) is -0.774. The lowest BCUT2D eigenvalue weighted by molar-refractivity contribution is -0.385. The fourth-order valence-corrected chi connectivity index (χ4v) is 1.48. The molecule has 0 aliphatic heterocycles. The maximum Gasteiger partial charge on any atom is 0.375 e. The standard InChI is InChI=1S/C11H9FN4O3/c12-8-3-1-7(2-4-8)5-13-10-9(16(18)19)11(17)15-6-14-10/h1-4,6H,5H2,(H2,13,14,15,17). The molecule has 1 aromatic carbocycles. The molecule has 0 aliphatic rings. The van der Waals surface area contributed by atoms with E-state index < -0.39 is 16.2 Å². The molecule has 0 unspecified atom stereocenters. The van der Waals surface area contributed by atoms with Crippen molar-refractivity contribution in [3.05, 3.63) is 62.4 Å². The summed E-state index contributed by atoms with van der Waals surface area (Å²) < 4.78 is 12.7. The Morgan fingerprint density at radius 2 is 2.05 bits per heavy atom. The number of nitrogens with zero attached hydrogens (tertiary/aromatic N) is 2. The smallest absolute Gasteiger partial charge is 0.360 e. The molecule has 19 heavy (non-hydrogen) atoms. The summed E-state index contributed by atoms with van der Waals surface area (Å²) in [6.45, 7) is 0.192. The first-order chi connectivity index (χ1) is 9.08. The third-order valence-corrected chi connectivity index (χ3v) is 2.38. The Morgan fingerprint density at radius 1 is 1.37 bits per heavy atom. The number of aromatic amines is 1. The van der Waals surface area contributed by atoms with E-state index >= 15 is 0 Å². The van der Waals surface area contributed by atoms with Gasteiger partial charge in [-0.25, -0.2) is 9.37 Å². The van der Waals surface area contributed by atoms with Crippen molar-refractivity contribution in [3.63, 3.8) is 0 Å². The van der Waals surface area contributed by atoms with Gasteiger partial charge in [0.25, 0.3) is 0 Å². The molecule has 7 nitrogen and oxygen atoms in total. The molecule has 0 aliphatic carbocycles. The Bertz CT molecular complexity index is 654. The summed E-state index contributed by atoms with van der Waals surface area (Å²) in [6.07, 6.45) is 1.07. The average Bonchev–Trinajstić information content (AvgIpc) is 2.37. The van der Waals surface area contributed by atoms with E-state index in [1.54, 1.807) is 0 Å². The van der Waals surface area contributed by atoms with Gasteiger partial charge >= 0.3 is 11.2 Å². The van der Waals surface area contributed by atoms with E-state index in [0.717, 1.165) is 6.33 Å². The first-order valence-corrected chi connectivity index (χ1v) is 5.28. The summed E-state index contributed by atoms with van der Waals surface area (Å²) in [5.74, 6) is -0.498. The normalized spacial score (nSPS) is 10.2. The van der Waals surface area contributed by atoms with Gasteiger partial charge in [-0.15, -0.1) is 0 Å². The van der Waals surface area contributed by atoms with E-state index in [-0.39, 0.29) is 18.2 Å². The minimum atomic E-state index is -0.832. The van der Waals surface area contributed by atoms with Crippen molar-refractivity contribution in [2.45, 2.75) is 6.54 Å². The van der Waals surface area contributed by atoms with Gasteiger partial charge in [0.1, 0.15) is 5.82 Å². The molecular weight excluding hydrogens is 255 g/mol. The molecule has 0 amide bonds. The van der Waals surface area contributed by atoms with Crippen LogP contribution in [0, 0.1) is 15.9 Å². The van der Waals surface area contributed by atoms with Crippen LogP contribution in [0.1, 0.15) is 5.56 Å². The molecule has 0 spiro atoms. The first kappa shape index (κ1) is 12.7. The number of halogens is 1.